The number of anilines is 1. The van der Waals surface area contributed by atoms with Gasteiger partial charge in [-0.2, -0.15) is 13.2 Å². The zero-order chi connectivity index (χ0) is 28.9. The molecule has 40 heavy (non-hydrogen) atoms. The third kappa shape index (κ3) is 6.64. The molecular formula is C26H21F3N6O4S. The monoisotopic (exact) mass is 570 g/mol. The van der Waals surface area contributed by atoms with Gasteiger partial charge in [-0.1, -0.05) is 48.2 Å². The lowest BCUT2D eigenvalue weighted by Gasteiger charge is -2.14. The summed E-state index contributed by atoms with van der Waals surface area (Å²) in [5.41, 5.74) is -0.378. The maximum absolute atomic E-state index is 13.3. The normalized spacial score (nSPS) is 11.2. The molecule has 206 valence electrons. The smallest absolute Gasteiger partial charge is 0.345 e. The average molecular weight is 571 g/mol. The Morgan fingerprint density at radius 3 is 2.42 bits per heavy atom. The number of aromatic nitrogens is 3. The van der Waals surface area contributed by atoms with Crippen LogP contribution < -0.4 is 10.6 Å². The van der Waals surface area contributed by atoms with Crippen LogP contribution in [-0.2, 0) is 17.5 Å². The van der Waals surface area contributed by atoms with E-state index in [4.69, 9.17) is 0 Å². The highest BCUT2D eigenvalue weighted by atomic mass is 32.2. The molecule has 0 aliphatic heterocycles. The van der Waals surface area contributed by atoms with E-state index in [9.17, 15) is 32.9 Å². The van der Waals surface area contributed by atoms with Crippen LogP contribution in [0.25, 0.3) is 5.69 Å². The van der Waals surface area contributed by atoms with Crippen LogP contribution in [0.2, 0.25) is 0 Å². The van der Waals surface area contributed by atoms with Crippen molar-refractivity contribution in [1.82, 2.24) is 20.1 Å². The van der Waals surface area contributed by atoms with E-state index in [1.165, 1.54) is 36.4 Å². The van der Waals surface area contributed by atoms with Gasteiger partial charge in [0, 0.05) is 22.9 Å². The first-order valence-electron chi connectivity index (χ1n) is 11.7. The van der Waals surface area contributed by atoms with Crippen LogP contribution >= 0.6 is 11.8 Å². The molecule has 3 aromatic carbocycles. The summed E-state index contributed by atoms with van der Waals surface area (Å²) in [5, 5.41) is 24.7. The number of carbonyl (C=O) groups excluding carboxylic acids is 2. The Balaban J connectivity index is 1.50. The van der Waals surface area contributed by atoms with Crippen LogP contribution in [-0.4, -0.2) is 37.3 Å². The first kappa shape index (κ1) is 28.3. The molecule has 0 unspecified atom stereocenters. The van der Waals surface area contributed by atoms with E-state index in [2.05, 4.69) is 20.8 Å². The fourth-order valence-corrected chi connectivity index (χ4v) is 4.48. The number of hydrogen-bond donors (Lipinski definition) is 2. The maximum atomic E-state index is 13.3. The van der Waals surface area contributed by atoms with Crippen molar-refractivity contribution in [2.24, 2.45) is 0 Å². The zero-order valence-electron chi connectivity index (χ0n) is 20.8. The number of benzene rings is 3. The number of alkyl halides is 3. The van der Waals surface area contributed by atoms with Gasteiger partial charge in [-0.15, -0.1) is 10.2 Å². The Hall–Kier alpha value is -4.72. The predicted molar refractivity (Wildman–Crippen MR) is 141 cm³/mol. The zero-order valence-corrected chi connectivity index (χ0v) is 21.6. The topological polar surface area (TPSA) is 132 Å². The molecule has 0 bridgehead atoms. The van der Waals surface area contributed by atoms with Gasteiger partial charge < -0.3 is 10.6 Å². The third-order valence-corrected chi connectivity index (χ3v) is 6.56. The van der Waals surface area contributed by atoms with E-state index < -0.39 is 28.5 Å². The van der Waals surface area contributed by atoms with Crippen molar-refractivity contribution in [3.8, 4) is 5.69 Å². The molecule has 0 spiro atoms. The quantitative estimate of drug-likeness (QED) is 0.161. The third-order valence-electron chi connectivity index (χ3n) is 5.63. The number of aryl methyl sites for hydroxylation is 1. The van der Waals surface area contributed by atoms with E-state index in [0.717, 1.165) is 17.8 Å². The van der Waals surface area contributed by atoms with Gasteiger partial charge in [0.25, 0.3) is 11.6 Å². The molecule has 0 saturated carbocycles. The van der Waals surface area contributed by atoms with Crippen LogP contribution in [0.5, 0.6) is 0 Å². The van der Waals surface area contributed by atoms with Crippen LogP contribution in [0.1, 0.15) is 27.3 Å². The number of hydrogen-bond acceptors (Lipinski definition) is 7. The van der Waals surface area contributed by atoms with Gasteiger partial charge in [0.2, 0.25) is 5.91 Å². The number of rotatable bonds is 9. The number of thioether (sulfide) groups is 1. The Labute approximate surface area is 229 Å². The molecule has 2 N–H and O–H groups in total. The summed E-state index contributed by atoms with van der Waals surface area (Å²) in [4.78, 5) is 35.9. The lowest BCUT2D eigenvalue weighted by atomic mass is 10.1. The van der Waals surface area contributed by atoms with Crippen LogP contribution in [0, 0.1) is 17.0 Å². The first-order chi connectivity index (χ1) is 19.0. The molecule has 0 atom stereocenters. The molecule has 1 aromatic heterocycles. The summed E-state index contributed by atoms with van der Waals surface area (Å²) in [6.07, 6.45) is -4.63. The summed E-state index contributed by atoms with van der Waals surface area (Å²) in [5.74, 6) is -1.22. The number of halogens is 3. The summed E-state index contributed by atoms with van der Waals surface area (Å²) in [6, 6.07) is 17.6. The van der Waals surface area contributed by atoms with Crippen molar-refractivity contribution >= 4 is 35.0 Å². The standard InChI is InChI=1S/C26H21F3N6O4S/c1-16-11-12-17(13-21(16)35(38)39)24(37)30-14-22-32-33-25(34(22)18-7-3-2-4-8-18)40-15-23(36)31-20-10-6-5-9-19(20)26(27,28)29/h2-13H,14-15H2,1H3,(H,30,37)(H,31,36). The summed E-state index contributed by atoms with van der Waals surface area (Å²) < 4.78 is 41.4. The Bertz CT molecular complexity index is 1560. The van der Waals surface area contributed by atoms with Crippen molar-refractivity contribution in [1.29, 1.82) is 0 Å². The van der Waals surface area contributed by atoms with Crippen molar-refractivity contribution in [2.75, 3.05) is 11.1 Å². The van der Waals surface area contributed by atoms with Crippen molar-refractivity contribution in [2.45, 2.75) is 24.8 Å². The van der Waals surface area contributed by atoms with E-state index in [1.54, 1.807) is 41.8 Å². The number of carbonyl (C=O) groups is 2. The summed E-state index contributed by atoms with van der Waals surface area (Å²) in [6.45, 7) is 1.46. The lowest BCUT2D eigenvalue weighted by molar-refractivity contribution is -0.385. The number of nitro benzene ring substituents is 1. The van der Waals surface area contributed by atoms with E-state index >= 15 is 0 Å². The van der Waals surface area contributed by atoms with Gasteiger partial charge >= 0.3 is 6.18 Å². The summed E-state index contributed by atoms with van der Waals surface area (Å²) >= 11 is 0.949. The van der Waals surface area contributed by atoms with E-state index in [1.807, 2.05) is 0 Å². The molecule has 1 heterocycles. The largest absolute Gasteiger partial charge is 0.418 e. The van der Waals surface area contributed by atoms with Crippen LogP contribution in [0.3, 0.4) is 0 Å². The number of amides is 2. The fourth-order valence-electron chi connectivity index (χ4n) is 3.71. The minimum absolute atomic E-state index is 0.0912. The second-order valence-corrected chi connectivity index (χ2v) is 9.33. The van der Waals surface area contributed by atoms with Gasteiger partial charge in [0.1, 0.15) is 0 Å². The van der Waals surface area contributed by atoms with Gasteiger partial charge in [-0.05, 0) is 37.3 Å². The van der Waals surface area contributed by atoms with Crippen molar-refractivity contribution in [3.63, 3.8) is 0 Å². The maximum Gasteiger partial charge on any atom is 0.418 e. The first-order valence-corrected chi connectivity index (χ1v) is 12.6. The Kier molecular flexibility index (Phi) is 8.48. The highest BCUT2D eigenvalue weighted by Gasteiger charge is 2.33. The molecule has 2 amide bonds. The molecule has 0 aliphatic rings. The molecule has 0 saturated heterocycles. The number of nitro groups is 1. The second kappa shape index (κ2) is 12.0. The number of para-hydroxylation sites is 2. The average Bonchev–Trinajstić information content (AvgIpc) is 3.33. The van der Waals surface area contributed by atoms with Gasteiger partial charge in [0.15, 0.2) is 11.0 Å². The highest BCUT2D eigenvalue weighted by Crippen LogP contribution is 2.34. The molecular weight excluding hydrogens is 549 g/mol. The second-order valence-electron chi connectivity index (χ2n) is 8.39. The lowest BCUT2D eigenvalue weighted by Crippen LogP contribution is -2.25. The number of nitrogens with one attached hydrogen (secondary N) is 2. The Morgan fingerprint density at radius 1 is 1.02 bits per heavy atom. The van der Waals surface area contributed by atoms with Crippen molar-refractivity contribution in [3.05, 3.63) is 105 Å². The van der Waals surface area contributed by atoms with Gasteiger partial charge in [0.05, 0.1) is 28.5 Å². The van der Waals surface area contributed by atoms with Crippen molar-refractivity contribution < 1.29 is 27.7 Å². The molecule has 4 aromatic rings. The van der Waals surface area contributed by atoms with Gasteiger partial charge in [-0.25, -0.2) is 0 Å². The molecule has 0 fully saturated rings. The predicted octanol–water partition coefficient (Wildman–Crippen LogP) is 5.16. The molecule has 0 radical (unpaired) electrons. The fraction of sp³-hybridized carbons (Fsp3) is 0.154. The van der Waals surface area contributed by atoms with E-state index in [-0.39, 0.29) is 34.4 Å². The molecule has 10 nitrogen and oxygen atoms in total. The minimum atomic E-state index is -4.63. The van der Waals surface area contributed by atoms with Gasteiger partial charge in [-0.3, -0.25) is 24.3 Å². The number of nitrogens with zero attached hydrogens (tertiary/aromatic N) is 4. The SMILES string of the molecule is Cc1ccc(C(=O)NCc2nnc(SCC(=O)Nc3ccccc3C(F)(F)F)n2-c2ccccc2)cc1[N+](=O)[O-]. The Morgan fingerprint density at radius 2 is 1.73 bits per heavy atom. The van der Waals surface area contributed by atoms with E-state index in [0.29, 0.717) is 17.1 Å². The highest BCUT2D eigenvalue weighted by molar-refractivity contribution is 7.99. The molecule has 4 rings (SSSR count). The minimum Gasteiger partial charge on any atom is -0.345 e. The van der Waals surface area contributed by atoms with Crippen LogP contribution in [0.15, 0.2) is 78.0 Å². The molecule has 14 heteroatoms. The molecule has 0 aliphatic carbocycles. The summed E-state index contributed by atoms with van der Waals surface area (Å²) in [7, 11) is 0. The van der Waals surface area contributed by atoms with Crippen LogP contribution in [0.4, 0.5) is 24.5 Å².